The molecule has 0 aliphatic rings. The summed E-state index contributed by atoms with van der Waals surface area (Å²) in [6.45, 7) is 6.33. The van der Waals surface area contributed by atoms with Crippen molar-refractivity contribution in [2.24, 2.45) is 0 Å². The number of aryl methyl sites for hydroxylation is 1. The average molecular weight is 333 g/mol. The summed E-state index contributed by atoms with van der Waals surface area (Å²) in [5, 5.41) is 6.73. The van der Waals surface area contributed by atoms with Gasteiger partial charge in [-0.25, -0.2) is 4.98 Å². The number of rotatable bonds is 6. The van der Waals surface area contributed by atoms with Crippen LogP contribution in [0.3, 0.4) is 0 Å². The van der Waals surface area contributed by atoms with Crippen LogP contribution in [0.15, 0.2) is 54.9 Å². The van der Waals surface area contributed by atoms with Gasteiger partial charge < -0.3 is 10.6 Å². The molecule has 2 heterocycles. The van der Waals surface area contributed by atoms with Gasteiger partial charge in [0.25, 0.3) is 0 Å². The average Bonchev–Trinajstić information content (AvgIpc) is 2.64. The second-order valence-electron chi connectivity index (χ2n) is 6.14. The first-order valence-electron chi connectivity index (χ1n) is 8.53. The molecule has 0 aliphatic carbocycles. The SMILES string of the molecule is CC[C@@H](C)Nc1nc(Nc2ccc(C)cc2)cc(-c2ccncc2)n1. The highest BCUT2D eigenvalue weighted by Gasteiger charge is 2.09. The molecule has 0 saturated heterocycles. The lowest BCUT2D eigenvalue weighted by Crippen LogP contribution is -2.16. The van der Waals surface area contributed by atoms with Gasteiger partial charge in [0.15, 0.2) is 0 Å². The van der Waals surface area contributed by atoms with Crippen LogP contribution in [-0.2, 0) is 0 Å². The van der Waals surface area contributed by atoms with E-state index in [0.717, 1.165) is 29.2 Å². The number of nitrogens with zero attached hydrogens (tertiary/aromatic N) is 3. The zero-order valence-electron chi connectivity index (χ0n) is 14.8. The highest BCUT2D eigenvalue weighted by atomic mass is 15.2. The number of benzene rings is 1. The van der Waals surface area contributed by atoms with Crippen LogP contribution in [0.2, 0.25) is 0 Å². The Morgan fingerprint density at radius 3 is 2.40 bits per heavy atom. The minimum atomic E-state index is 0.305. The molecule has 3 aromatic rings. The van der Waals surface area contributed by atoms with E-state index in [-0.39, 0.29) is 0 Å². The van der Waals surface area contributed by atoms with E-state index < -0.39 is 0 Å². The smallest absolute Gasteiger partial charge is 0.225 e. The van der Waals surface area contributed by atoms with Gasteiger partial charge in [-0.15, -0.1) is 0 Å². The first-order chi connectivity index (χ1) is 12.1. The highest BCUT2D eigenvalue weighted by Crippen LogP contribution is 2.23. The van der Waals surface area contributed by atoms with Crippen molar-refractivity contribution in [1.29, 1.82) is 0 Å². The summed E-state index contributed by atoms with van der Waals surface area (Å²) >= 11 is 0. The topological polar surface area (TPSA) is 62.7 Å². The molecule has 1 atom stereocenters. The van der Waals surface area contributed by atoms with Crippen LogP contribution in [0.5, 0.6) is 0 Å². The van der Waals surface area contributed by atoms with Gasteiger partial charge in [-0.05, 0) is 44.5 Å². The lowest BCUT2D eigenvalue weighted by Gasteiger charge is -2.14. The third-order valence-electron chi connectivity index (χ3n) is 4.01. The summed E-state index contributed by atoms with van der Waals surface area (Å²) in [7, 11) is 0. The zero-order chi connectivity index (χ0) is 17.6. The van der Waals surface area contributed by atoms with Crippen LogP contribution in [-0.4, -0.2) is 21.0 Å². The molecular formula is C20H23N5. The van der Waals surface area contributed by atoms with Gasteiger partial charge in [0.05, 0.1) is 5.69 Å². The predicted molar refractivity (Wildman–Crippen MR) is 103 cm³/mol. The molecule has 3 rings (SSSR count). The molecule has 0 unspecified atom stereocenters. The van der Waals surface area contributed by atoms with Crippen LogP contribution in [0.25, 0.3) is 11.3 Å². The van der Waals surface area contributed by atoms with E-state index in [9.17, 15) is 0 Å². The normalized spacial score (nSPS) is 11.8. The molecule has 5 heteroatoms. The van der Waals surface area contributed by atoms with E-state index in [1.807, 2.05) is 30.3 Å². The molecule has 0 radical (unpaired) electrons. The molecule has 0 amide bonds. The lowest BCUT2D eigenvalue weighted by atomic mass is 10.2. The Hall–Kier alpha value is -2.95. The fraction of sp³-hybridized carbons (Fsp3) is 0.250. The van der Waals surface area contributed by atoms with E-state index in [2.05, 4.69) is 58.5 Å². The van der Waals surface area contributed by atoms with Crippen molar-refractivity contribution in [2.45, 2.75) is 33.2 Å². The fourth-order valence-electron chi connectivity index (χ4n) is 2.35. The van der Waals surface area contributed by atoms with Crippen LogP contribution >= 0.6 is 0 Å². The maximum absolute atomic E-state index is 4.66. The summed E-state index contributed by atoms with van der Waals surface area (Å²) in [6.07, 6.45) is 4.54. The summed E-state index contributed by atoms with van der Waals surface area (Å²) in [5.41, 5.74) is 4.10. The number of hydrogen-bond acceptors (Lipinski definition) is 5. The standard InChI is InChI=1S/C20H23N5/c1-4-15(3)22-20-24-18(16-9-11-21-12-10-16)13-19(25-20)23-17-7-5-14(2)6-8-17/h5-13,15H,4H2,1-3H3,(H2,22,23,24,25)/t15-/m1/s1. The van der Waals surface area contributed by atoms with Crippen LogP contribution < -0.4 is 10.6 Å². The zero-order valence-corrected chi connectivity index (χ0v) is 14.8. The molecule has 2 aromatic heterocycles. The molecule has 0 bridgehead atoms. The fourth-order valence-corrected chi connectivity index (χ4v) is 2.35. The van der Waals surface area contributed by atoms with Gasteiger partial charge in [0.2, 0.25) is 5.95 Å². The molecule has 0 saturated carbocycles. The molecule has 2 N–H and O–H groups in total. The lowest BCUT2D eigenvalue weighted by molar-refractivity contribution is 0.753. The maximum atomic E-state index is 4.66. The molecule has 0 fully saturated rings. The van der Waals surface area contributed by atoms with E-state index in [1.165, 1.54) is 5.56 Å². The molecule has 0 aliphatic heterocycles. The summed E-state index contributed by atoms with van der Waals surface area (Å²) in [6, 6.07) is 14.4. The summed E-state index contributed by atoms with van der Waals surface area (Å²) in [5.74, 6) is 1.38. The van der Waals surface area contributed by atoms with Gasteiger partial charge in [0.1, 0.15) is 5.82 Å². The van der Waals surface area contributed by atoms with Crippen molar-refractivity contribution in [3.63, 3.8) is 0 Å². The van der Waals surface area contributed by atoms with Crippen molar-refractivity contribution in [3.05, 3.63) is 60.4 Å². The second kappa shape index (κ2) is 7.75. The maximum Gasteiger partial charge on any atom is 0.225 e. The van der Waals surface area contributed by atoms with Crippen molar-refractivity contribution in [1.82, 2.24) is 15.0 Å². The monoisotopic (exact) mass is 333 g/mol. The first kappa shape index (κ1) is 16.9. The quantitative estimate of drug-likeness (QED) is 0.678. The summed E-state index contributed by atoms with van der Waals surface area (Å²) < 4.78 is 0. The largest absolute Gasteiger partial charge is 0.352 e. The first-order valence-corrected chi connectivity index (χ1v) is 8.53. The molecular weight excluding hydrogens is 310 g/mol. The van der Waals surface area contributed by atoms with Gasteiger partial charge in [0, 0.05) is 35.8 Å². The van der Waals surface area contributed by atoms with Gasteiger partial charge in [-0.2, -0.15) is 4.98 Å². The van der Waals surface area contributed by atoms with Crippen molar-refractivity contribution in [3.8, 4) is 11.3 Å². The molecule has 0 spiro atoms. The highest BCUT2D eigenvalue weighted by molar-refractivity contribution is 5.67. The molecule has 5 nitrogen and oxygen atoms in total. The Morgan fingerprint density at radius 1 is 1.00 bits per heavy atom. The second-order valence-corrected chi connectivity index (χ2v) is 6.14. The third-order valence-corrected chi connectivity index (χ3v) is 4.01. The van der Waals surface area contributed by atoms with E-state index in [4.69, 9.17) is 0 Å². The Labute approximate surface area is 148 Å². The van der Waals surface area contributed by atoms with Crippen molar-refractivity contribution < 1.29 is 0 Å². The minimum absolute atomic E-state index is 0.305. The predicted octanol–water partition coefficient (Wildman–Crippen LogP) is 4.80. The Balaban J connectivity index is 1.95. The van der Waals surface area contributed by atoms with E-state index in [0.29, 0.717) is 12.0 Å². The minimum Gasteiger partial charge on any atom is -0.352 e. The Morgan fingerprint density at radius 2 is 1.72 bits per heavy atom. The van der Waals surface area contributed by atoms with Crippen LogP contribution in [0.4, 0.5) is 17.5 Å². The van der Waals surface area contributed by atoms with Gasteiger partial charge in [-0.3, -0.25) is 4.98 Å². The van der Waals surface area contributed by atoms with Crippen molar-refractivity contribution >= 4 is 17.5 Å². The van der Waals surface area contributed by atoms with E-state index in [1.54, 1.807) is 12.4 Å². The molecule has 25 heavy (non-hydrogen) atoms. The third kappa shape index (κ3) is 4.53. The number of anilines is 3. The number of nitrogens with one attached hydrogen (secondary N) is 2. The van der Waals surface area contributed by atoms with Gasteiger partial charge in [-0.1, -0.05) is 24.6 Å². The van der Waals surface area contributed by atoms with E-state index >= 15 is 0 Å². The van der Waals surface area contributed by atoms with Crippen LogP contribution in [0.1, 0.15) is 25.8 Å². The number of pyridine rings is 1. The Kier molecular flexibility index (Phi) is 5.23. The summed E-state index contributed by atoms with van der Waals surface area (Å²) in [4.78, 5) is 13.4. The van der Waals surface area contributed by atoms with Gasteiger partial charge >= 0.3 is 0 Å². The molecule has 1 aromatic carbocycles. The number of hydrogen-bond donors (Lipinski definition) is 2. The Bertz CT molecular complexity index is 815. The van der Waals surface area contributed by atoms with Crippen molar-refractivity contribution in [2.75, 3.05) is 10.6 Å². The van der Waals surface area contributed by atoms with Crippen LogP contribution in [0, 0.1) is 6.92 Å². The number of aromatic nitrogens is 3. The molecule has 128 valence electrons.